The number of amides is 1. The fraction of sp³-hybridized carbons (Fsp3) is 0.147. The third-order valence-corrected chi connectivity index (χ3v) is 9.25. The summed E-state index contributed by atoms with van der Waals surface area (Å²) in [5, 5.41) is 14.9. The number of fused-ring (bicyclic) bond motifs is 6. The molecule has 3 aliphatic rings. The van der Waals surface area contributed by atoms with Crippen LogP contribution in [0.15, 0.2) is 103 Å². The summed E-state index contributed by atoms with van der Waals surface area (Å²) in [4.78, 5) is 57.1. The van der Waals surface area contributed by atoms with Crippen LogP contribution in [-0.4, -0.2) is 34.5 Å². The lowest BCUT2D eigenvalue weighted by Gasteiger charge is -2.39. The molecule has 0 radical (unpaired) electrons. The van der Waals surface area contributed by atoms with Crippen LogP contribution < -0.4 is 10.2 Å². The van der Waals surface area contributed by atoms with E-state index in [1.54, 1.807) is 42.5 Å². The number of Topliss-reactive ketones (excluding diaryl/α,β-unsaturated/α-hetero) is 2. The SMILES string of the molecule is CC1=C[C@@H]2N(c3ccccc31)[C@@H](C(=O)c1ccccc1Cl)[C@@H](C(=O)c1cccc([N+](=O)[O-])c1)[C@@]21C(=O)Nc2ccccc21. The Hall–Kier alpha value is -5.08. The largest absolute Gasteiger partial charge is 0.352 e. The van der Waals surface area contributed by atoms with Crippen LogP contribution in [0.3, 0.4) is 0 Å². The molecule has 0 saturated carbocycles. The normalized spacial score (nSPS) is 23.2. The number of hydrogen-bond donors (Lipinski definition) is 1. The molecule has 43 heavy (non-hydrogen) atoms. The Bertz CT molecular complexity index is 1920. The first kappa shape index (κ1) is 26.8. The van der Waals surface area contributed by atoms with Crippen molar-refractivity contribution in [1.29, 1.82) is 0 Å². The third kappa shape index (κ3) is 3.73. The average Bonchev–Trinajstić information content (AvgIpc) is 3.49. The van der Waals surface area contributed by atoms with Gasteiger partial charge in [-0.2, -0.15) is 0 Å². The maximum absolute atomic E-state index is 14.9. The molecule has 9 heteroatoms. The number of hydrogen-bond acceptors (Lipinski definition) is 6. The summed E-state index contributed by atoms with van der Waals surface area (Å²) in [6, 6.07) is 25.0. The highest BCUT2D eigenvalue weighted by Crippen LogP contribution is 2.59. The van der Waals surface area contributed by atoms with Gasteiger partial charge >= 0.3 is 0 Å². The number of anilines is 2. The molecule has 0 aromatic heterocycles. The van der Waals surface area contributed by atoms with Crippen molar-refractivity contribution in [2.24, 2.45) is 5.92 Å². The summed E-state index contributed by atoms with van der Waals surface area (Å²) in [6.45, 7) is 1.95. The van der Waals surface area contributed by atoms with Crippen molar-refractivity contribution in [2.45, 2.75) is 24.4 Å². The molecule has 1 spiro atoms. The molecule has 1 N–H and O–H groups in total. The van der Waals surface area contributed by atoms with Crippen LogP contribution in [0.4, 0.5) is 17.1 Å². The van der Waals surface area contributed by atoms with Gasteiger partial charge in [0.25, 0.3) is 5.69 Å². The lowest BCUT2D eigenvalue weighted by atomic mass is 9.64. The van der Waals surface area contributed by atoms with Crippen molar-refractivity contribution in [3.8, 4) is 0 Å². The standard InChI is InChI=1S/C34H24ClN3O5/c1-19-17-28-34(24-13-4-6-15-26(24)36-33(34)41)29(31(39)20-9-8-10-21(18-20)38(42)43)30(32(40)23-12-2-5-14-25(23)35)37(28)27-16-7-3-11-22(19)27/h2-18,28-30H,1H3,(H,36,41)/t28-,29-,30+,34-/m0/s1. The van der Waals surface area contributed by atoms with Crippen molar-refractivity contribution >= 4 is 51.7 Å². The van der Waals surface area contributed by atoms with Gasteiger partial charge in [-0.3, -0.25) is 24.5 Å². The minimum atomic E-state index is -1.53. The molecule has 3 aliphatic heterocycles. The minimum Gasteiger partial charge on any atom is -0.352 e. The van der Waals surface area contributed by atoms with Crippen LogP contribution in [0.25, 0.3) is 5.57 Å². The van der Waals surface area contributed by atoms with Gasteiger partial charge in [0.2, 0.25) is 5.91 Å². The number of benzene rings is 4. The number of ketones is 2. The van der Waals surface area contributed by atoms with Crippen LogP contribution in [0, 0.1) is 16.0 Å². The number of halogens is 1. The van der Waals surface area contributed by atoms with Gasteiger partial charge in [-0.15, -0.1) is 0 Å². The van der Waals surface area contributed by atoms with E-state index in [9.17, 15) is 24.5 Å². The molecule has 3 heterocycles. The number of rotatable bonds is 5. The second-order valence-electron chi connectivity index (χ2n) is 11.0. The lowest BCUT2D eigenvalue weighted by Crippen LogP contribution is -2.51. The van der Waals surface area contributed by atoms with E-state index in [0.29, 0.717) is 16.9 Å². The number of nitrogens with zero attached hydrogens (tertiary/aromatic N) is 2. The highest BCUT2D eigenvalue weighted by molar-refractivity contribution is 6.34. The maximum atomic E-state index is 14.9. The molecule has 8 nitrogen and oxygen atoms in total. The van der Waals surface area contributed by atoms with Gasteiger partial charge in [0.1, 0.15) is 11.5 Å². The van der Waals surface area contributed by atoms with Gasteiger partial charge in [0.15, 0.2) is 11.6 Å². The summed E-state index contributed by atoms with van der Waals surface area (Å²) in [5.74, 6) is -2.64. The lowest BCUT2D eigenvalue weighted by molar-refractivity contribution is -0.384. The fourth-order valence-corrected chi connectivity index (χ4v) is 7.39. The van der Waals surface area contributed by atoms with Gasteiger partial charge in [-0.25, -0.2) is 0 Å². The Labute approximate surface area is 251 Å². The topological polar surface area (TPSA) is 110 Å². The van der Waals surface area contributed by atoms with Crippen molar-refractivity contribution in [3.05, 3.63) is 141 Å². The molecular weight excluding hydrogens is 566 g/mol. The molecule has 4 aromatic rings. The van der Waals surface area contributed by atoms with Crippen molar-refractivity contribution in [2.75, 3.05) is 10.2 Å². The van der Waals surface area contributed by atoms with E-state index in [2.05, 4.69) is 5.32 Å². The number of nitrogens with one attached hydrogen (secondary N) is 1. The number of non-ortho nitro benzene ring substituents is 1. The Kier molecular flexibility index (Phi) is 6.07. The Balaban J connectivity index is 1.56. The first-order valence-corrected chi connectivity index (χ1v) is 14.2. The van der Waals surface area contributed by atoms with E-state index in [1.165, 1.54) is 24.3 Å². The number of carbonyl (C=O) groups is 3. The van der Waals surface area contributed by atoms with E-state index < -0.39 is 45.8 Å². The van der Waals surface area contributed by atoms with Gasteiger partial charge in [0, 0.05) is 40.2 Å². The summed E-state index contributed by atoms with van der Waals surface area (Å²) in [5.41, 5.74) is 2.11. The third-order valence-electron chi connectivity index (χ3n) is 8.92. The van der Waals surface area contributed by atoms with E-state index in [4.69, 9.17) is 11.6 Å². The summed E-state index contributed by atoms with van der Waals surface area (Å²) in [7, 11) is 0. The molecule has 0 bridgehead atoms. The number of carbonyl (C=O) groups excluding carboxylic acids is 3. The van der Waals surface area contributed by atoms with Crippen LogP contribution in [0.5, 0.6) is 0 Å². The molecule has 7 rings (SSSR count). The monoisotopic (exact) mass is 589 g/mol. The average molecular weight is 590 g/mol. The Morgan fingerprint density at radius 3 is 2.44 bits per heavy atom. The van der Waals surface area contributed by atoms with E-state index in [1.807, 2.05) is 48.2 Å². The quantitative estimate of drug-likeness (QED) is 0.162. The number of para-hydroxylation sites is 2. The summed E-state index contributed by atoms with van der Waals surface area (Å²) in [6.07, 6.45) is 1.96. The number of nitro groups is 1. The molecule has 4 aromatic carbocycles. The molecular formula is C34H24ClN3O5. The van der Waals surface area contributed by atoms with Gasteiger partial charge in [-0.05, 0) is 42.3 Å². The zero-order valence-electron chi connectivity index (χ0n) is 22.9. The highest BCUT2D eigenvalue weighted by atomic mass is 35.5. The summed E-state index contributed by atoms with van der Waals surface area (Å²) < 4.78 is 0. The molecule has 212 valence electrons. The molecule has 1 amide bonds. The van der Waals surface area contributed by atoms with Crippen LogP contribution in [-0.2, 0) is 10.2 Å². The molecule has 4 atom stereocenters. The number of allylic oxidation sites excluding steroid dienone is 1. The second kappa shape index (κ2) is 9.74. The van der Waals surface area contributed by atoms with E-state index in [0.717, 1.165) is 11.1 Å². The number of nitro benzene ring substituents is 1. The van der Waals surface area contributed by atoms with Crippen molar-refractivity contribution in [1.82, 2.24) is 0 Å². The first-order valence-electron chi connectivity index (χ1n) is 13.8. The second-order valence-corrected chi connectivity index (χ2v) is 11.4. The van der Waals surface area contributed by atoms with Gasteiger partial charge in [0.05, 0.1) is 21.9 Å². The molecule has 1 saturated heterocycles. The Morgan fingerprint density at radius 2 is 1.65 bits per heavy atom. The molecule has 1 fully saturated rings. The van der Waals surface area contributed by atoms with E-state index in [-0.39, 0.29) is 21.8 Å². The smallest absolute Gasteiger partial charge is 0.270 e. The van der Waals surface area contributed by atoms with Crippen LogP contribution >= 0.6 is 11.6 Å². The van der Waals surface area contributed by atoms with Crippen molar-refractivity contribution in [3.63, 3.8) is 0 Å². The van der Waals surface area contributed by atoms with E-state index >= 15 is 0 Å². The fourth-order valence-electron chi connectivity index (χ4n) is 7.16. The molecule has 0 unspecified atom stereocenters. The maximum Gasteiger partial charge on any atom is 0.270 e. The zero-order chi connectivity index (χ0) is 30.0. The zero-order valence-corrected chi connectivity index (χ0v) is 23.6. The van der Waals surface area contributed by atoms with Crippen LogP contribution in [0.1, 0.15) is 38.8 Å². The van der Waals surface area contributed by atoms with Crippen LogP contribution in [0.2, 0.25) is 5.02 Å². The predicted molar refractivity (Wildman–Crippen MR) is 164 cm³/mol. The Morgan fingerprint density at radius 1 is 0.930 bits per heavy atom. The molecule has 0 aliphatic carbocycles. The van der Waals surface area contributed by atoms with Gasteiger partial charge in [-0.1, -0.05) is 78.3 Å². The minimum absolute atomic E-state index is 0.0431. The van der Waals surface area contributed by atoms with Gasteiger partial charge < -0.3 is 10.2 Å². The highest BCUT2D eigenvalue weighted by Gasteiger charge is 2.70. The summed E-state index contributed by atoms with van der Waals surface area (Å²) >= 11 is 6.57. The first-order chi connectivity index (χ1) is 20.7. The van der Waals surface area contributed by atoms with Crippen molar-refractivity contribution < 1.29 is 19.3 Å². The predicted octanol–water partition coefficient (Wildman–Crippen LogP) is 6.49.